The first-order valence-electron chi connectivity index (χ1n) is 6.28. The summed E-state index contributed by atoms with van der Waals surface area (Å²) in [5.41, 5.74) is 5.89. The number of nitrogens with two attached hydrogens (primary N) is 1. The molecule has 0 spiro atoms. The molecule has 0 radical (unpaired) electrons. The molecule has 1 fully saturated rings. The number of hydrogen-bond donors (Lipinski definition) is 1. The lowest BCUT2D eigenvalue weighted by atomic mass is 10.0. The molecular weight excluding hydrogens is 326 g/mol. The quantitative estimate of drug-likeness (QED) is 0.834. The van der Waals surface area contributed by atoms with Gasteiger partial charge in [0.1, 0.15) is 0 Å². The van der Waals surface area contributed by atoms with Gasteiger partial charge < -0.3 is 10.5 Å². The van der Waals surface area contributed by atoms with E-state index in [1.807, 2.05) is 39.8 Å². The van der Waals surface area contributed by atoms with E-state index in [0.717, 1.165) is 10.9 Å². The Kier molecular flexibility index (Phi) is 3.84. The zero-order valence-electron chi connectivity index (χ0n) is 11.7. The smallest absolute Gasteiger partial charge is 0.0781 e. The molecule has 1 aromatic rings. The predicted octanol–water partition coefficient (Wildman–Crippen LogP) is 3.49. The SMILES string of the molecule is CC1(C)CC(S(=O)c2ccc(Br)cc2N)C(C)(C)O1. The van der Waals surface area contributed by atoms with Gasteiger partial charge in [-0.3, -0.25) is 4.21 Å². The molecule has 0 bridgehead atoms. The summed E-state index contributed by atoms with van der Waals surface area (Å²) in [5, 5.41) is -0.0500. The standard InChI is InChI=1S/C14H20BrNO2S/c1-13(2)8-12(14(3,4)18-13)19(17)11-6-5-9(15)7-10(11)16/h5-7,12H,8,16H2,1-4H3. The fourth-order valence-electron chi connectivity index (χ4n) is 2.70. The Morgan fingerprint density at radius 3 is 2.47 bits per heavy atom. The number of rotatable bonds is 2. The average molecular weight is 346 g/mol. The van der Waals surface area contributed by atoms with Crippen molar-refractivity contribution in [2.24, 2.45) is 0 Å². The maximum absolute atomic E-state index is 12.8. The molecule has 1 aliphatic rings. The number of hydrogen-bond acceptors (Lipinski definition) is 3. The van der Waals surface area contributed by atoms with E-state index in [1.54, 1.807) is 6.07 Å². The summed E-state index contributed by atoms with van der Waals surface area (Å²) in [4.78, 5) is 0.697. The zero-order valence-corrected chi connectivity index (χ0v) is 14.1. The minimum absolute atomic E-state index is 0.0500. The Hall–Kier alpha value is -0.390. The number of nitrogen functional groups attached to an aromatic ring is 1. The Labute approximate surface area is 125 Å². The maximum Gasteiger partial charge on any atom is 0.0781 e. The second-order valence-electron chi connectivity index (χ2n) is 6.14. The maximum atomic E-state index is 12.8. The largest absolute Gasteiger partial charge is 0.398 e. The van der Waals surface area contributed by atoms with E-state index in [0.29, 0.717) is 10.6 Å². The van der Waals surface area contributed by atoms with E-state index in [4.69, 9.17) is 10.5 Å². The van der Waals surface area contributed by atoms with Crippen LogP contribution in [-0.2, 0) is 15.5 Å². The molecule has 1 saturated heterocycles. The summed E-state index contributed by atoms with van der Waals surface area (Å²) < 4.78 is 19.7. The Morgan fingerprint density at radius 1 is 1.37 bits per heavy atom. The van der Waals surface area contributed by atoms with Crippen molar-refractivity contribution in [2.45, 2.75) is 55.5 Å². The lowest BCUT2D eigenvalue weighted by Gasteiger charge is -2.27. The van der Waals surface area contributed by atoms with Crippen molar-refractivity contribution < 1.29 is 8.95 Å². The van der Waals surface area contributed by atoms with Crippen molar-refractivity contribution >= 4 is 32.4 Å². The molecule has 0 aliphatic carbocycles. The van der Waals surface area contributed by atoms with Crippen LogP contribution in [0.1, 0.15) is 34.1 Å². The third-order valence-electron chi connectivity index (χ3n) is 3.44. The minimum Gasteiger partial charge on any atom is -0.398 e. The Bertz CT molecular complexity index is 528. The van der Waals surface area contributed by atoms with Gasteiger partial charge in [-0.15, -0.1) is 0 Å². The summed E-state index contributed by atoms with van der Waals surface area (Å²) >= 11 is 3.37. The molecule has 0 aromatic heterocycles. The van der Waals surface area contributed by atoms with Gasteiger partial charge in [0.2, 0.25) is 0 Å². The van der Waals surface area contributed by atoms with Gasteiger partial charge in [-0.2, -0.15) is 0 Å². The molecule has 2 atom stereocenters. The van der Waals surface area contributed by atoms with Gasteiger partial charge in [-0.25, -0.2) is 0 Å². The molecule has 2 unspecified atom stereocenters. The highest BCUT2D eigenvalue weighted by Crippen LogP contribution is 2.42. The second-order valence-corrected chi connectivity index (χ2v) is 8.66. The van der Waals surface area contributed by atoms with Crippen molar-refractivity contribution in [1.82, 2.24) is 0 Å². The van der Waals surface area contributed by atoms with Crippen LogP contribution in [0, 0.1) is 0 Å². The molecule has 0 amide bonds. The van der Waals surface area contributed by atoms with Crippen LogP contribution in [0.15, 0.2) is 27.6 Å². The summed E-state index contributed by atoms with van der Waals surface area (Å²) in [5.74, 6) is 0. The highest BCUT2D eigenvalue weighted by atomic mass is 79.9. The van der Waals surface area contributed by atoms with Crippen molar-refractivity contribution in [3.05, 3.63) is 22.7 Å². The summed E-state index contributed by atoms with van der Waals surface area (Å²) in [6, 6.07) is 5.50. The van der Waals surface area contributed by atoms with Gasteiger partial charge >= 0.3 is 0 Å². The van der Waals surface area contributed by atoms with Gasteiger partial charge in [-0.05, 0) is 52.3 Å². The van der Waals surface area contributed by atoms with Gasteiger partial charge in [0.05, 0.1) is 32.1 Å². The van der Waals surface area contributed by atoms with Crippen LogP contribution >= 0.6 is 15.9 Å². The van der Waals surface area contributed by atoms with Crippen molar-refractivity contribution in [3.8, 4) is 0 Å². The van der Waals surface area contributed by atoms with E-state index in [-0.39, 0.29) is 10.9 Å². The van der Waals surface area contributed by atoms with Crippen molar-refractivity contribution in [2.75, 3.05) is 5.73 Å². The lowest BCUT2D eigenvalue weighted by Crippen LogP contribution is -2.36. The second kappa shape index (κ2) is 4.86. The van der Waals surface area contributed by atoms with Crippen LogP contribution < -0.4 is 5.73 Å². The Morgan fingerprint density at radius 2 is 2.00 bits per heavy atom. The molecule has 3 nitrogen and oxygen atoms in total. The molecule has 2 rings (SSSR count). The predicted molar refractivity (Wildman–Crippen MR) is 82.6 cm³/mol. The zero-order chi connectivity index (χ0) is 14.4. The van der Waals surface area contributed by atoms with Crippen molar-refractivity contribution in [1.29, 1.82) is 0 Å². The van der Waals surface area contributed by atoms with Gasteiger partial charge in [0.25, 0.3) is 0 Å². The molecule has 106 valence electrons. The van der Waals surface area contributed by atoms with Crippen LogP contribution in [0.2, 0.25) is 0 Å². The molecule has 0 saturated carbocycles. The fourth-order valence-corrected chi connectivity index (χ4v) is 5.00. The normalized spacial score (nSPS) is 26.3. The third-order valence-corrected chi connectivity index (χ3v) is 5.99. The fraction of sp³-hybridized carbons (Fsp3) is 0.571. The molecule has 1 aliphatic heterocycles. The highest BCUT2D eigenvalue weighted by Gasteiger charge is 2.49. The topological polar surface area (TPSA) is 52.3 Å². The molecule has 1 heterocycles. The van der Waals surface area contributed by atoms with E-state index in [1.165, 1.54) is 0 Å². The summed E-state index contributed by atoms with van der Waals surface area (Å²) in [6.07, 6.45) is 0.766. The summed E-state index contributed by atoms with van der Waals surface area (Å²) in [6.45, 7) is 8.08. The molecule has 1 aromatic carbocycles. The van der Waals surface area contributed by atoms with E-state index in [9.17, 15) is 4.21 Å². The van der Waals surface area contributed by atoms with E-state index < -0.39 is 16.4 Å². The van der Waals surface area contributed by atoms with Gasteiger partial charge in [-0.1, -0.05) is 15.9 Å². The van der Waals surface area contributed by atoms with Crippen LogP contribution in [0.5, 0.6) is 0 Å². The number of ether oxygens (including phenoxy) is 1. The number of halogens is 1. The number of anilines is 1. The van der Waals surface area contributed by atoms with Crippen LogP contribution in [0.25, 0.3) is 0 Å². The average Bonchev–Trinajstić information content (AvgIpc) is 2.45. The van der Waals surface area contributed by atoms with Crippen LogP contribution in [0.4, 0.5) is 5.69 Å². The minimum atomic E-state index is -1.17. The van der Waals surface area contributed by atoms with Crippen LogP contribution in [-0.4, -0.2) is 20.7 Å². The molecule has 2 N–H and O–H groups in total. The van der Waals surface area contributed by atoms with Crippen LogP contribution in [0.3, 0.4) is 0 Å². The Balaban J connectivity index is 2.34. The van der Waals surface area contributed by atoms with Gasteiger partial charge in [0.15, 0.2) is 0 Å². The monoisotopic (exact) mass is 345 g/mol. The lowest BCUT2D eigenvalue weighted by molar-refractivity contribution is -0.0633. The summed E-state index contributed by atoms with van der Waals surface area (Å²) in [7, 11) is -1.17. The highest BCUT2D eigenvalue weighted by molar-refractivity contribution is 9.10. The van der Waals surface area contributed by atoms with E-state index >= 15 is 0 Å². The first-order chi connectivity index (χ1) is 8.62. The first kappa shape index (κ1) is 15.0. The number of benzene rings is 1. The molecule has 5 heteroatoms. The van der Waals surface area contributed by atoms with Crippen molar-refractivity contribution in [3.63, 3.8) is 0 Å². The first-order valence-corrected chi connectivity index (χ1v) is 8.29. The van der Waals surface area contributed by atoms with E-state index in [2.05, 4.69) is 15.9 Å². The molecular formula is C14H20BrNO2S. The molecule has 19 heavy (non-hydrogen) atoms. The third kappa shape index (κ3) is 3.03. The van der Waals surface area contributed by atoms with Gasteiger partial charge in [0, 0.05) is 10.2 Å².